The van der Waals surface area contributed by atoms with Gasteiger partial charge < -0.3 is 25.0 Å². The summed E-state index contributed by atoms with van der Waals surface area (Å²) in [5, 5.41) is 6.88. The van der Waals surface area contributed by atoms with E-state index in [4.69, 9.17) is 14.5 Å². The van der Waals surface area contributed by atoms with Gasteiger partial charge in [0.05, 0.1) is 26.4 Å². The SMILES string of the molecule is CCNC(=NCCNC(C)(C)C)N1CCC(COCCOC)C1.I. The van der Waals surface area contributed by atoms with Crippen LogP contribution < -0.4 is 10.6 Å². The molecule has 2 N–H and O–H groups in total. The van der Waals surface area contributed by atoms with E-state index in [-0.39, 0.29) is 29.5 Å². The van der Waals surface area contributed by atoms with Crippen molar-refractivity contribution in [3.63, 3.8) is 0 Å². The molecule has 0 spiro atoms. The van der Waals surface area contributed by atoms with Gasteiger partial charge in [0.1, 0.15) is 0 Å². The van der Waals surface area contributed by atoms with E-state index in [9.17, 15) is 0 Å². The van der Waals surface area contributed by atoms with Crippen LogP contribution in [0.1, 0.15) is 34.1 Å². The van der Waals surface area contributed by atoms with Crippen LogP contribution in [0.2, 0.25) is 0 Å². The van der Waals surface area contributed by atoms with E-state index in [2.05, 4.69) is 43.2 Å². The molecule has 0 bridgehead atoms. The first-order chi connectivity index (χ1) is 11.0. The Kier molecular flexibility index (Phi) is 13.1. The number of hydrogen-bond donors (Lipinski definition) is 2. The van der Waals surface area contributed by atoms with E-state index >= 15 is 0 Å². The van der Waals surface area contributed by atoms with Crippen molar-refractivity contribution < 1.29 is 9.47 Å². The quantitative estimate of drug-likeness (QED) is 0.241. The van der Waals surface area contributed by atoms with Crippen LogP contribution in [-0.4, -0.2) is 76.1 Å². The second kappa shape index (κ2) is 13.1. The van der Waals surface area contributed by atoms with Crippen LogP contribution in [0.3, 0.4) is 0 Å². The van der Waals surface area contributed by atoms with Gasteiger partial charge in [-0.3, -0.25) is 4.99 Å². The number of rotatable bonds is 9. The van der Waals surface area contributed by atoms with Gasteiger partial charge >= 0.3 is 0 Å². The van der Waals surface area contributed by atoms with Crippen molar-refractivity contribution >= 4 is 29.9 Å². The molecular formula is C17H37IN4O2. The Morgan fingerprint density at radius 2 is 2.04 bits per heavy atom. The zero-order valence-corrected chi connectivity index (χ0v) is 18.4. The summed E-state index contributed by atoms with van der Waals surface area (Å²) in [6.45, 7) is 15.5. The molecule has 6 nitrogen and oxygen atoms in total. The maximum absolute atomic E-state index is 5.66. The summed E-state index contributed by atoms with van der Waals surface area (Å²) < 4.78 is 10.7. The fourth-order valence-corrected chi connectivity index (χ4v) is 2.57. The summed E-state index contributed by atoms with van der Waals surface area (Å²) in [6, 6.07) is 0. The number of methoxy groups -OCH3 is 1. The van der Waals surface area contributed by atoms with E-state index in [1.54, 1.807) is 7.11 Å². The van der Waals surface area contributed by atoms with Crippen LogP contribution in [0.4, 0.5) is 0 Å². The number of halogens is 1. The third-order valence-electron chi connectivity index (χ3n) is 3.73. The summed E-state index contributed by atoms with van der Waals surface area (Å²) in [5.74, 6) is 1.62. The maximum Gasteiger partial charge on any atom is 0.193 e. The molecule has 0 amide bonds. The first kappa shape index (κ1) is 23.9. The van der Waals surface area contributed by atoms with Crippen LogP contribution in [0, 0.1) is 5.92 Å². The fourth-order valence-electron chi connectivity index (χ4n) is 2.57. The third kappa shape index (κ3) is 10.7. The minimum Gasteiger partial charge on any atom is -0.382 e. The Bertz CT molecular complexity index is 348. The van der Waals surface area contributed by atoms with Gasteiger partial charge in [-0.2, -0.15) is 0 Å². The van der Waals surface area contributed by atoms with E-state index in [0.717, 1.165) is 51.7 Å². The number of likely N-dealkylation sites (tertiary alicyclic amines) is 1. The highest BCUT2D eigenvalue weighted by atomic mass is 127. The lowest BCUT2D eigenvalue weighted by Crippen LogP contribution is -2.41. The van der Waals surface area contributed by atoms with Gasteiger partial charge in [0.25, 0.3) is 0 Å². The lowest BCUT2D eigenvalue weighted by molar-refractivity contribution is 0.0536. The zero-order chi connectivity index (χ0) is 17.1. The number of aliphatic imine (C=N–C) groups is 1. The maximum atomic E-state index is 5.66. The second-order valence-electron chi connectivity index (χ2n) is 7.08. The van der Waals surface area contributed by atoms with E-state index < -0.39 is 0 Å². The molecule has 1 atom stereocenters. The molecule has 144 valence electrons. The third-order valence-corrected chi connectivity index (χ3v) is 3.73. The lowest BCUT2D eigenvalue weighted by atomic mass is 10.1. The molecule has 0 aromatic carbocycles. The van der Waals surface area contributed by atoms with Gasteiger partial charge in [0.2, 0.25) is 0 Å². The molecule has 1 heterocycles. The van der Waals surface area contributed by atoms with Gasteiger partial charge in [0, 0.05) is 44.7 Å². The molecule has 1 aliphatic rings. The smallest absolute Gasteiger partial charge is 0.193 e. The van der Waals surface area contributed by atoms with Crippen molar-refractivity contribution in [1.82, 2.24) is 15.5 Å². The van der Waals surface area contributed by atoms with Crippen molar-refractivity contribution in [2.75, 3.05) is 59.7 Å². The lowest BCUT2D eigenvalue weighted by Gasteiger charge is -2.23. The minimum atomic E-state index is 0. The average molecular weight is 456 g/mol. The van der Waals surface area contributed by atoms with E-state index in [1.165, 1.54) is 0 Å². The monoisotopic (exact) mass is 456 g/mol. The predicted octanol–water partition coefficient (Wildman–Crippen LogP) is 1.94. The first-order valence-electron chi connectivity index (χ1n) is 8.81. The van der Waals surface area contributed by atoms with Crippen LogP contribution in [-0.2, 0) is 9.47 Å². The summed E-state index contributed by atoms with van der Waals surface area (Å²) in [4.78, 5) is 7.10. The zero-order valence-electron chi connectivity index (χ0n) is 16.1. The first-order valence-corrected chi connectivity index (χ1v) is 8.81. The van der Waals surface area contributed by atoms with Crippen LogP contribution in [0.15, 0.2) is 4.99 Å². The molecule has 1 aliphatic heterocycles. The molecule has 0 radical (unpaired) electrons. The summed E-state index contributed by atoms with van der Waals surface area (Å²) >= 11 is 0. The summed E-state index contributed by atoms with van der Waals surface area (Å²) in [6.07, 6.45) is 1.16. The number of guanidine groups is 1. The Labute approximate surface area is 165 Å². The number of ether oxygens (including phenoxy) is 2. The van der Waals surface area contributed by atoms with E-state index in [1.807, 2.05) is 0 Å². The van der Waals surface area contributed by atoms with Crippen LogP contribution in [0.5, 0.6) is 0 Å². The predicted molar refractivity (Wildman–Crippen MR) is 112 cm³/mol. The molecule has 1 fully saturated rings. The average Bonchev–Trinajstić information content (AvgIpc) is 2.94. The Morgan fingerprint density at radius 3 is 2.67 bits per heavy atom. The summed E-state index contributed by atoms with van der Waals surface area (Å²) in [7, 11) is 1.70. The second-order valence-corrected chi connectivity index (χ2v) is 7.08. The largest absolute Gasteiger partial charge is 0.382 e. The Hall–Kier alpha value is -0.120. The molecule has 1 unspecified atom stereocenters. The van der Waals surface area contributed by atoms with Crippen molar-refractivity contribution in [3.8, 4) is 0 Å². The van der Waals surface area contributed by atoms with Crippen molar-refractivity contribution in [1.29, 1.82) is 0 Å². The molecule has 0 saturated carbocycles. The van der Waals surface area contributed by atoms with Crippen molar-refractivity contribution in [3.05, 3.63) is 0 Å². The minimum absolute atomic E-state index is 0. The normalized spacial score (nSPS) is 18.6. The summed E-state index contributed by atoms with van der Waals surface area (Å²) in [5.41, 5.74) is 0.145. The molecule has 0 aliphatic carbocycles. The van der Waals surface area contributed by atoms with Gasteiger partial charge in [-0.15, -0.1) is 24.0 Å². The Morgan fingerprint density at radius 1 is 1.29 bits per heavy atom. The number of hydrogen-bond acceptors (Lipinski definition) is 4. The van der Waals surface area contributed by atoms with Crippen molar-refractivity contribution in [2.24, 2.45) is 10.9 Å². The molecule has 0 aromatic rings. The highest BCUT2D eigenvalue weighted by Gasteiger charge is 2.24. The molecule has 1 rings (SSSR count). The topological polar surface area (TPSA) is 58.1 Å². The van der Waals surface area contributed by atoms with E-state index in [0.29, 0.717) is 19.1 Å². The molecular weight excluding hydrogens is 419 g/mol. The highest BCUT2D eigenvalue weighted by molar-refractivity contribution is 14.0. The van der Waals surface area contributed by atoms with Crippen LogP contribution >= 0.6 is 24.0 Å². The van der Waals surface area contributed by atoms with Gasteiger partial charge in [-0.1, -0.05) is 0 Å². The molecule has 24 heavy (non-hydrogen) atoms. The van der Waals surface area contributed by atoms with Gasteiger partial charge in [-0.25, -0.2) is 0 Å². The molecule has 0 aromatic heterocycles. The number of nitrogens with one attached hydrogen (secondary N) is 2. The Balaban J connectivity index is 0.00000529. The van der Waals surface area contributed by atoms with Crippen LogP contribution in [0.25, 0.3) is 0 Å². The highest BCUT2D eigenvalue weighted by Crippen LogP contribution is 2.16. The van der Waals surface area contributed by atoms with Crippen molar-refractivity contribution in [2.45, 2.75) is 39.7 Å². The van der Waals surface area contributed by atoms with Gasteiger partial charge in [-0.05, 0) is 34.1 Å². The molecule has 7 heteroatoms. The fraction of sp³-hybridized carbons (Fsp3) is 0.941. The molecule has 1 saturated heterocycles. The van der Waals surface area contributed by atoms with Gasteiger partial charge in [0.15, 0.2) is 5.96 Å². The number of nitrogens with zero attached hydrogens (tertiary/aromatic N) is 2. The standard InChI is InChI=1S/C17H36N4O2.HI/c1-6-18-16(19-8-9-20-17(2,3)4)21-10-7-15(13-21)14-23-12-11-22-5;/h15,20H,6-14H2,1-5H3,(H,18,19);1H.